The van der Waals surface area contributed by atoms with Crippen LogP contribution in [0.4, 0.5) is 0 Å². The van der Waals surface area contributed by atoms with E-state index in [4.69, 9.17) is 33.2 Å². The number of hydrogen-bond acceptors (Lipinski definition) is 7. The molecule has 13 rings (SSSR count). The third-order valence-electron chi connectivity index (χ3n) is 29.6. The van der Waals surface area contributed by atoms with Gasteiger partial charge in [-0.3, -0.25) is 0 Å². The summed E-state index contributed by atoms with van der Waals surface area (Å²) < 4.78 is 40.0. The van der Waals surface area contributed by atoms with Gasteiger partial charge in [-0.1, -0.05) is 189 Å². The molecule has 13 fully saturated rings. The SMILES string of the molecule is CCOC1C2(CC2)CCC12CC2.CCOCC1(C(C)C)CCCC1.CCOCC1(C(C)C)CCCCC1.CCOCC1(C)CC2CCCC2C1.CCOCC1(C)CCC2CCCCC2C1.CCOCC1(C2CCCCC2)CCCC1.CCOCC1(C2CCCCC2)CCCCC1. The maximum Gasteiger partial charge on any atom is 0.0687 e. The van der Waals surface area contributed by atoms with Crippen LogP contribution in [0.15, 0.2) is 0 Å². The van der Waals surface area contributed by atoms with Crippen molar-refractivity contribution in [3.8, 4) is 0 Å². The third-order valence-corrected chi connectivity index (χ3v) is 29.6. The van der Waals surface area contributed by atoms with Gasteiger partial charge < -0.3 is 33.2 Å². The number of fused-ring (bicyclic) bond motifs is 2. The Morgan fingerprint density at radius 3 is 0.969 bits per heavy atom. The van der Waals surface area contributed by atoms with E-state index in [1.54, 1.807) is 0 Å². The minimum atomic E-state index is 0.495. The molecule has 0 amide bonds. The van der Waals surface area contributed by atoms with Crippen LogP contribution in [0.1, 0.15) is 385 Å². The van der Waals surface area contributed by atoms with Crippen LogP contribution < -0.4 is 0 Å². The molecule has 0 radical (unpaired) electrons. The van der Waals surface area contributed by atoms with Crippen LogP contribution in [-0.2, 0) is 33.2 Å². The molecular weight excluding hydrogens is 1180 g/mol. The first kappa shape index (κ1) is 83.0. The normalized spacial score (nSPS) is 31.2. The van der Waals surface area contributed by atoms with Gasteiger partial charge in [0.25, 0.3) is 0 Å². The summed E-state index contributed by atoms with van der Waals surface area (Å²) in [6.07, 6.45) is 67.4. The molecule has 564 valence electrons. The number of hydrogen-bond donors (Lipinski definition) is 0. The van der Waals surface area contributed by atoms with E-state index in [9.17, 15) is 0 Å². The molecule has 13 aliphatic carbocycles. The predicted octanol–water partition coefficient (Wildman–Crippen LogP) is 25.6. The minimum Gasteiger partial charge on any atom is -0.381 e. The summed E-state index contributed by atoms with van der Waals surface area (Å²) in [5, 5.41) is 0. The summed E-state index contributed by atoms with van der Waals surface area (Å²) in [7, 11) is 0. The van der Waals surface area contributed by atoms with Crippen molar-refractivity contribution in [1.29, 1.82) is 0 Å². The van der Waals surface area contributed by atoms with E-state index in [1.807, 2.05) is 0 Å². The molecule has 13 aliphatic rings. The fourth-order valence-electron chi connectivity index (χ4n) is 22.9. The topological polar surface area (TPSA) is 64.6 Å². The van der Waals surface area contributed by atoms with Crippen molar-refractivity contribution in [3.05, 3.63) is 0 Å². The van der Waals surface area contributed by atoms with E-state index < -0.39 is 0 Å². The average molecular weight is 1350 g/mol. The van der Waals surface area contributed by atoms with Crippen LogP contribution in [0.5, 0.6) is 0 Å². The van der Waals surface area contributed by atoms with Crippen LogP contribution in [0.2, 0.25) is 0 Å². The molecule has 0 aliphatic heterocycles. The van der Waals surface area contributed by atoms with Gasteiger partial charge in [0, 0.05) is 46.2 Å². The fraction of sp³-hybridized carbons (Fsp3) is 1.00. The van der Waals surface area contributed by atoms with Gasteiger partial charge in [-0.05, 0) is 287 Å². The van der Waals surface area contributed by atoms with Crippen LogP contribution in [0.25, 0.3) is 0 Å². The Labute approximate surface area is 598 Å². The monoisotopic (exact) mass is 1350 g/mol. The van der Waals surface area contributed by atoms with Crippen LogP contribution in [0, 0.1) is 90.7 Å². The zero-order valence-electron chi connectivity index (χ0n) is 66.8. The van der Waals surface area contributed by atoms with Crippen molar-refractivity contribution >= 4 is 0 Å². The molecule has 0 aromatic carbocycles. The molecule has 0 bridgehead atoms. The smallest absolute Gasteiger partial charge is 0.0687 e. The molecule has 0 heterocycles. The van der Waals surface area contributed by atoms with Gasteiger partial charge >= 0.3 is 0 Å². The quantitative estimate of drug-likeness (QED) is 0.0954. The van der Waals surface area contributed by atoms with Gasteiger partial charge in [0.15, 0.2) is 0 Å². The Bertz CT molecular complexity index is 1960. The van der Waals surface area contributed by atoms with Crippen molar-refractivity contribution < 1.29 is 33.2 Å². The largest absolute Gasteiger partial charge is 0.381 e. The molecule has 0 aromatic heterocycles. The maximum absolute atomic E-state index is 5.96. The van der Waals surface area contributed by atoms with E-state index in [2.05, 4.69) is 90.0 Å². The lowest BCUT2D eigenvalue weighted by atomic mass is 9.62. The van der Waals surface area contributed by atoms with Gasteiger partial charge in [0.05, 0.1) is 45.7 Å². The summed E-state index contributed by atoms with van der Waals surface area (Å²) in [5.74, 6) is 7.71. The van der Waals surface area contributed by atoms with Crippen molar-refractivity contribution in [3.63, 3.8) is 0 Å². The molecule has 7 heteroatoms. The summed E-state index contributed by atoms with van der Waals surface area (Å²) >= 11 is 0. The molecule has 2 spiro atoms. The summed E-state index contributed by atoms with van der Waals surface area (Å²) in [5.41, 5.74) is 4.59. The van der Waals surface area contributed by atoms with Crippen LogP contribution in [0.3, 0.4) is 0 Å². The molecule has 96 heavy (non-hydrogen) atoms. The Kier molecular flexibility index (Phi) is 36.3. The van der Waals surface area contributed by atoms with Gasteiger partial charge in [0.2, 0.25) is 0 Å². The van der Waals surface area contributed by atoms with Crippen molar-refractivity contribution in [2.45, 2.75) is 391 Å². The second kappa shape index (κ2) is 42.0. The predicted molar refractivity (Wildman–Crippen MR) is 408 cm³/mol. The first-order chi connectivity index (χ1) is 46.5. The average Bonchev–Trinajstić information content (AvgIpc) is 1.54. The van der Waals surface area contributed by atoms with E-state index in [0.717, 1.165) is 133 Å². The van der Waals surface area contributed by atoms with Gasteiger partial charge in [-0.15, -0.1) is 0 Å². The Morgan fingerprint density at radius 1 is 0.271 bits per heavy atom. The summed E-state index contributed by atoms with van der Waals surface area (Å²) in [4.78, 5) is 0. The van der Waals surface area contributed by atoms with Crippen LogP contribution in [-0.4, -0.2) is 92.0 Å². The lowest BCUT2D eigenvalue weighted by molar-refractivity contribution is -0.0274. The second-order valence-corrected chi connectivity index (χ2v) is 36.9. The van der Waals surface area contributed by atoms with Gasteiger partial charge in [0.1, 0.15) is 0 Å². The second-order valence-electron chi connectivity index (χ2n) is 36.9. The first-order valence-corrected chi connectivity index (χ1v) is 43.5. The van der Waals surface area contributed by atoms with Crippen molar-refractivity contribution in [2.75, 3.05) is 85.9 Å². The highest BCUT2D eigenvalue weighted by Gasteiger charge is 2.67. The third kappa shape index (κ3) is 24.4. The zero-order valence-corrected chi connectivity index (χ0v) is 66.8. The van der Waals surface area contributed by atoms with Crippen molar-refractivity contribution in [2.24, 2.45) is 90.7 Å². The molecule has 5 atom stereocenters. The highest BCUT2D eigenvalue weighted by molar-refractivity contribution is 5.17. The van der Waals surface area contributed by atoms with E-state index >= 15 is 0 Å². The highest BCUT2D eigenvalue weighted by Crippen LogP contribution is 2.72. The number of ether oxygens (including phenoxy) is 7. The zero-order chi connectivity index (χ0) is 68.9. The van der Waals surface area contributed by atoms with E-state index in [1.165, 1.54) is 295 Å². The Morgan fingerprint density at radius 2 is 0.573 bits per heavy atom. The first-order valence-electron chi connectivity index (χ1n) is 43.5. The standard InChI is InChI=1S/C15H28O.2C14H26O.C12H22O.C12H24O.C11H18O.C11H22O/c1-2-16-13-15(11-7-4-8-12-15)14-9-5-3-6-10-14;1-3-15-11-14(2)9-8-12-6-4-5-7-13(12)10-14;1-2-15-12-14(10-6-7-11-14)13-8-4-3-5-9-13;1-3-13-9-12(2)7-10-5-4-6-11(10)8-12;1-4-13-10-12(11(2)3)8-6-5-7-9-12;1-2-12-9-10(3-4-10)7-8-11(9)5-6-11;1-4-12-9-11(10(2)3)7-5-6-8-11/h14H,2-13H2,1H3;12-13H,3-11H2,1-2H3;13H,2-12H2,1H3;10-11H,3-9H2,1-2H3;11H,4-10H2,1-3H3;9H,2-8H2,1H3;10H,4-9H2,1-3H3. The number of rotatable bonds is 24. The van der Waals surface area contributed by atoms with E-state index in [0.29, 0.717) is 49.4 Å². The summed E-state index contributed by atoms with van der Waals surface area (Å²) in [6, 6.07) is 0. The molecule has 0 aromatic rings. The van der Waals surface area contributed by atoms with Crippen LogP contribution >= 0.6 is 0 Å². The Balaban J connectivity index is 0.000000158. The fourth-order valence-corrected chi connectivity index (χ4v) is 22.9. The molecule has 7 nitrogen and oxygen atoms in total. The molecule has 5 unspecified atom stereocenters. The Hall–Kier alpha value is -0.280. The van der Waals surface area contributed by atoms with Crippen molar-refractivity contribution in [1.82, 2.24) is 0 Å². The lowest BCUT2D eigenvalue weighted by Gasteiger charge is -2.45. The molecule has 0 N–H and O–H groups in total. The van der Waals surface area contributed by atoms with Gasteiger partial charge in [-0.25, -0.2) is 0 Å². The van der Waals surface area contributed by atoms with Gasteiger partial charge in [-0.2, -0.15) is 0 Å². The van der Waals surface area contributed by atoms with E-state index in [-0.39, 0.29) is 0 Å². The highest BCUT2D eigenvalue weighted by atomic mass is 16.5. The molecular formula is C89H166O7. The maximum atomic E-state index is 5.96. The minimum absolute atomic E-state index is 0.495. The molecule has 13 saturated carbocycles. The molecule has 0 saturated heterocycles. The lowest BCUT2D eigenvalue weighted by Crippen LogP contribution is -2.38. The summed E-state index contributed by atoms with van der Waals surface area (Å²) in [6.45, 7) is 41.3.